The van der Waals surface area contributed by atoms with Crippen molar-refractivity contribution in [3.05, 3.63) is 12.2 Å². The molecule has 70 valence electrons. The van der Waals surface area contributed by atoms with Crippen LogP contribution in [-0.4, -0.2) is 23.3 Å². The number of hydrogen-bond donors (Lipinski definition) is 0. The third-order valence-corrected chi connectivity index (χ3v) is 2.14. The molecule has 0 aliphatic rings. The van der Waals surface area contributed by atoms with E-state index in [0.717, 1.165) is 0 Å². The molecule has 0 aromatic carbocycles. The molecule has 0 saturated carbocycles. The minimum Gasteiger partial charge on any atom is -0.464 e. The van der Waals surface area contributed by atoms with Gasteiger partial charge >= 0.3 is 5.97 Å². The van der Waals surface area contributed by atoms with E-state index in [4.69, 9.17) is 23.2 Å². The number of ether oxygens (including phenoxy) is 1. The molecule has 4 heteroatoms. The second-order valence-electron chi connectivity index (χ2n) is 2.29. The highest BCUT2D eigenvalue weighted by Crippen LogP contribution is 2.11. The number of alkyl halides is 2. The van der Waals surface area contributed by atoms with Crippen LogP contribution in [0.5, 0.6) is 0 Å². The lowest BCUT2D eigenvalue weighted by Crippen LogP contribution is -2.20. The highest BCUT2D eigenvalue weighted by molar-refractivity contribution is 6.30. The van der Waals surface area contributed by atoms with Crippen LogP contribution in [0.3, 0.4) is 0 Å². The zero-order valence-electron chi connectivity index (χ0n) is 7.09. The summed E-state index contributed by atoms with van der Waals surface area (Å²) < 4.78 is 4.68. The maximum absolute atomic E-state index is 10.4. The molecule has 0 rings (SSSR count). The van der Waals surface area contributed by atoms with Crippen molar-refractivity contribution in [1.82, 2.24) is 0 Å². The molecule has 0 bridgehead atoms. The monoisotopic (exact) mass is 210 g/mol. The van der Waals surface area contributed by atoms with Crippen molar-refractivity contribution >= 4 is 29.2 Å². The first-order valence-corrected chi connectivity index (χ1v) is 4.49. The largest absolute Gasteiger partial charge is 0.464 e. The van der Waals surface area contributed by atoms with Gasteiger partial charge in [-0.3, -0.25) is 4.79 Å². The summed E-state index contributed by atoms with van der Waals surface area (Å²) in [6, 6.07) is 0. The Bertz CT molecular complexity index is 168. The summed E-state index contributed by atoms with van der Waals surface area (Å²) in [6.45, 7) is 3.34. The van der Waals surface area contributed by atoms with Gasteiger partial charge in [0.1, 0.15) is 6.61 Å². The molecule has 0 aliphatic heterocycles. The van der Waals surface area contributed by atoms with E-state index >= 15 is 0 Å². The van der Waals surface area contributed by atoms with Crippen molar-refractivity contribution in [2.75, 3.05) is 6.61 Å². The molecule has 0 spiro atoms. The van der Waals surface area contributed by atoms with Gasteiger partial charge in [-0.1, -0.05) is 12.2 Å². The van der Waals surface area contributed by atoms with E-state index in [0.29, 0.717) is 0 Å². The van der Waals surface area contributed by atoms with Crippen LogP contribution in [0.4, 0.5) is 0 Å². The first-order chi connectivity index (χ1) is 5.57. The van der Waals surface area contributed by atoms with E-state index in [1.807, 2.05) is 6.92 Å². The van der Waals surface area contributed by atoms with Crippen molar-refractivity contribution in [2.45, 2.75) is 24.6 Å². The first kappa shape index (κ1) is 11.8. The number of hydrogen-bond acceptors (Lipinski definition) is 2. The minimum atomic E-state index is -0.369. The first-order valence-electron chi connectivity index (χ1n) is 3.62. The molecule has 0 aromatic heterocycles. The van der Waals surface area contributed by atoms with Crippen LogP contribution in [0.1, 0.15) is 13.8 Å². The second kappa shape index (κ2) is 6.32. The summed E-state index contributed by atoms with van der Waals surface area (Å²) in [6.07, 6.45) is 3.56. The molecule has 12 heavy (non-hydrogen) atoms. The van der Waals surface area contributed by atoms with Gasteiger partial charge in [0.15, 0.2) is 0 Å². The van der Waals surface area contributed by atoms with Gasteiger partial charge in [0, 0.05) is 6.92 Å². The Morgan fingerprint density at radius 2 is 2.17 bits per heavy atom. The molecule has 2 atom stereocenters. The number of rotatable bonds is 4. The van der Waals surface area contributed by atoms with Gasteiger partial charge in [-0.2, -0.15) is 0 Å². The average Bonchev–Trinajstić information content (AvgIpc) is 2.00. The van der Waals surface area contributed by atoms with Crippen LogP contribution in [0.2, 0.25) is 0 Å². The van der Waals surface area contributed by atoms with Crippen molar-refractivity contribution in [1.29, 1.82) is 0 Å². The fraction of sp³-hybridized carbons (Fsp3) is 0.625. The Morgan fingerprint density at radius 3 is 2.58 bits per heavy atom. The fourth-order valence-electron chi connectivity index (χ4n) is 0.593. The Hall–Kier alpha value is -0.210. The Labute approximate surface area is 82.5 Å². The summed E-state index contributed by atoms with van der Waals surface area (Å²) in [5, 5.41) is -0.664. The van der Waals surface area contributed by atoms with Crippen LogP contribution in [-0.2, 0) is 9.53 Å². The molecule has 0 heterocycles. The number of esters is 1. The van der Waals surface area contributed by atoms with E-state index in [2.05, 4.69) is 4.74 Å². The predicted molar refractivity (Wildman–Crippen MR) is 50.7 cm³/mol. The highest BCUT2D eigenvalue weighted by Gasteiger charge is 2.14. The lowest BCUT2D eigenvalue weighted by atomic mass is 10.3. The third kappa shape index (κ3) is 5.44. The fourth-order valence-corrected chi connectivity index (χ4v) is 0.959. The summed E-state index contributed by atoms with van der Waals surface area (Å²) in [7, 11) is 0. The quantitative estimate of drug-likeness (QED) is 0.405. The Kier molecular flexibility index (Phi) is 6.21. The van der Waals surface area contributed by atoms with Gasteiger partial charge in [0.2, 0.25) is 0 Å². The number of carbonyl (C=O) groups excluding carboxylic acids is 1. The average molecular weight is 211 g/mol. The lowest BCUT2D eigenvalue weighted by molar-refractivity contribution is -0.140. The van der Waals surface area contributed by atoms with Crippen LogP contribution in [0.25, 0.3) is 0 Å². The Morgan fingerprint density at radius 1 is 1.58 bits per heavy atom. The van der Waals surface area contributed by atoms with Crippen LogP contribution < -0.4 is 0 Å². The van der Waals surface area contributed by atoms with Crippen molar-refractivity contribution in [2.24, 2.45) is 0 Å². The minimum absolute atomic E-state index is 0.148. The summed E-state index contributed by atoms with van der Waals surface area (Å²) >= 11 is 11.6. The maximum atomic E-state index is 10.4. The van der Waals surface area contributed by atoms with Gasteiger partial charge in [-0.25, -0.2) is 0 Å². The number of allylic oxidation sites excluding steroid dienone is 2. The van der Waals surface area contributed by atoms with E-state index in [-0.39, 0.29) is 23.3 Å². The van der Waals surface area contributed by atoms with Gasteiger partial charge in [0.25, 0.3) is 0 Å². The standard InChI is InChI=1S/C8H12Cl2O2/c1-3-4-7(9)8(10)5-12-6(2)11/h3-4,7-8H,5H2,1-2H3/b4-3+. The van der Waals surface area contributed by atoms with E-state index < -0.39 is 0 Å². The zero-order valence-corrected chi connectivity index (χ0v) is 8.60. The second-order valence-corrected chi connectivity index (χ2v) is 3.35. The summed E-state index contributed by atoms with van der Waals surface area (Å²) in [4.78, 5) is 10.4. The van der Waals surface area contributed by atoms with Crippen molar-refractivity contribution in [3.63, 3.8) is 0 Å². The van der Waals surface area contributed by atoms with Crippen molar-refractivity contribution < 1.29 is 9.53 Å². The molecule has 0 amide bonds. The lowest BCUT2D eigenvalue weighted by Gasteiger charge is -2.11. The van der Waals surface area contributed by atoms with Gasteiger partial charge < -0.3 is 4.74 Å². The molecule has 0 aromatic rings. The molecule has 2 nitrogen and oxygen atoms in total. The molecule has 2 unspecified atom stereocenters. The zero-order chi connectivity index (χ0) is 9.56. The molecule has 0 radical (unpaired) electrons. The molecular weight excluding hydrogens is 199 g/mol. The van der Waals surface area contributed by atoms with E-state index in [1.54, 1.807) is 12.2 Å². The highest BCUT2D eigenvalue weighted by atomic mass is 35.5. The molecule has 0 saturated heterocycles. The maximum Gasteiger partial charge on any atom is 0.302 e. The van der Waals surface area contributed by atoms with Crippen LogP contribution in [0, 0.1) is 0 Å². The van der Waals surface area contributed by atoms with E-state index in [1.165, 1.54) is 6.92 Å². The van der Waals surface area contributed by atoms with Gasteiger partial charge in [0.05, 0.1) is 10.8 Å². The third-order valence-electron chi connectivity index (χ3n) is 1.17. The Balaban J connectivity index is 3.70. The van der Waals surface area contributed by atoms with Gasteiger partial charge in [-0.15, -0.1) is 23.2 Å². The summed E-state index contributed by atoms with van der Waals surface area (Å²) in [5.74, 6) is -0.343. The molecular formula is C8H12Cl2O2. The summed E-state index contributed by atoms with van der Waals surface area (Å²) in [5.41, 5.74) is 0. The normalized spacial score (nSPS) is 16.0. The van der Waals surface area contributed by atoms with Crippen molar-refractivity contribution in [3.8, 4) is 0 Å². The SMILES string of the molecule is C/C=C/C(Cl)C(Cl)COC(C)=O. The number of halogens is 2. The van der Waals surface area contributed by atoms with E-state index in [9.17, 15) is 4.79 Å². The van der Waals surface area contributed by atoms with Gasteiger partial charge in [-0.05, 0) is 6.92 Å². The molecule has 0 fully saturated rings. The smallest absolute Gasteiger partial charge is 0.302 e. The predicted octanol–water partition coefficient (Wildman–Crippen LogP) is 2.34. The topological polar surface area (TPSA) is 26.3 Å². The number of carbonyl (C=O) groups is 1. The molecule has 0 aliphatic carbocycles. The van der Waals surface area contributed by atoms with Crippen LogP contribution >= 0.6 is 23.2 Å². The molecule has 0 N–H and O–H groups in total. The van der Waals surface area contributed by atoms with Crippen LogP contribution in [0.15, 0.2) is 12.2 Å².